The molecule has 0 unspecified atom stereocenters. The van der Waals surface area contributed by atoms with E-state index in [1.54, 1.807) is 24.3 Å². The maximum Gasteiger partial charge on any atom is 0.251 e. The van der Waals surface area contributed by atoms with Crippen molar-refractivity contribution < 1.29 is 14.3 Å². The van der Waals surface area contributed by atoms with Crippen LogP contribution in [-0.2, 0) is 9.47 Å². The zero-order chi connectivity index (χ0) is 14.0. The van der Waals surface area contributed by atoms with Crippen molar-refractivity contribution in [3.63, 3.8) is 0 Å². The van der Waals surface area contributed by atoms with Gasteiger partial charge in [0, 0.05) is 30.0 Å². The Labute approximate surface area is 123 Å². The Balaban J connectivity index is 1.50. The molecule has 1 saturated carbocycles. The number of carbonyl (C=O) groups is 1. The van der Waals surface area contributed by atoms with Crippen LogP contribution < -0.4 is 5.32 Å². The maximum atomic E-state index is 12.0. The summed E-state index contributed by atoms with van der Waals surface area (Å²) in [6, 6.07) is 6.84. The first-order valence-electron chi connectivity index (χ1n) is 7.02. The Kier molecular flexibility index (Phi) is 3.96. The minimum Gasteiger partial charge on any atom is -0.349 e. The standard InChI is InChI=1S/C15H18ClNO3/c16-12-5-3-11(4-6-12)14(18)17-9-13-10-19-15(20-13)7-1-2-8-15/h3-6,13H,1-2,7-10H2,(H,17,18)/t13-/m0/s1. The molecule has 1 spiro atoms. The number of nitrogens with one attached hydrogen (secondary N) is 1. The number of ether oxygens (including phenoxy) is 2. The molecule has 20 heavy (non-hydrogen) atoms. The van der Waals surface area contributed by atoms with Gasteiger partial charge < -0.3 is 14.8 Å². The number of hydrogen-bond acceptors (Lipinski definition) is 3. The van der Waals surface area contributed by atoms with E-state index in [1.165, 1.54) is 0 Å². The molecule has 108 valence electrons. The average Bonchev–Trinajstić information content (AvgIpc) is 3.08. The predicted octanol–water partition coefficient (Wildman–Crippen LogP) is 2.76. The normalized spacial score (nSPS) is 24.1. The van der Waals surface area contributed by atoms with Crippen LogP contribution >= 0.6 is 11.6 Å². The first-order chi connectivity index (χ1) is 9.67. The molecule has 0 aromatic heterocycles. The summed E-state index contributed by atoms with van der Waals surface area (Å²) in [5, 5.41) is 3.50. The second-order valence-corrected chi connectivity index (χ2v) is 5.82. The molecule has 2 aliphatic rings. The zero-order valence-electron chi connectivity index (χ0n) is 11.2. The molecule has 1 amide bonds. The van der Waals surface area contributed by atoms with Gasteiger partial charge in [0.15, 0.2) is 5.79 Å². The Hall–Kier alpha value is -1.10. The number of carbonyl (C=O) groups excluding carboxylic acids is 1. The third-order valence-electron chi connectivity index (χ3n) is 3.88. The van der Waals surface area contributed by atoms with E-state index in [1.807, 2.05) is 0 Å². The fourth-order valence-corrected chi connectivity index (χ4v) is 2.93. The van der Waals surface area contributed by atoms with Crippen molar-refractivity contribution in [2.75, 3.05) is 13.2 Å². The molecule has 1 aliphatic carbocycles. The van der Waals surface area contributed by atoms with Gasteiger partial charge in [0.1, 0.15) is 6.10 Å². The molecule has 0 bridgehead atoms. The van der Waals surface area contributed by atoms with Gasteiger partial charge in [-0.05, 0) is 37.1 Å². The third-order valence-corrected chi connectivity index (χ3v) is 4.13. The lowest BCUT2D eigenvalue weighted by Crippen LogP contribution is -2.35. The van der Waals surface area contributed by atoms with E-state index < -0.39 is 0 Å². The highest BCUT2D eigenvalue weighted by molar-refractivity contribution is 6.30. The molecule has 1 aliphatic heterocycles. The monoisotopic (exact) mass is 295 g/mol. The molecule has 4 nitrogen and oxygen atoms in total. The van der Waals surface area contributed by atoms with Crippen molar-refractivity contribution in [2.24, 2.45) is 0 Å². The van der Waals surface area contributed by atoms with Crippen molar-refractivity contribution in [3.05, 3.63) is 34.9 Å². The highest BCUT2D eigenvalue weighted by Gasteiger charge is 2.43. The van der Waals surface area contributed by atoms with Crippen LogP contribution in [0.4, 0.5) is 0 Å². The first-order valence-corrected chi connectivity index (χ1v) is 7.40. The fourth-order valence-electron chi connectivity index (χ4n) is 2.80. The summed E-state index contributed by atoms with van der Waals surface area (Å²) in [5.41, 5.74) is 0.601. The Morgan fingerprint density at radius 2 is 2.00 bits per heavy atom. The van der Waals surface area contributed by atoms with Gasteiger partial charge in [-0.2, -0.15) is 0 Å². The second kappa shape index (κ2) is 5.72. The molecule has 3 rings (SSSR count). The van der Waals surface area contributed by atoms with Gasteiger partial charge in [-0.25, -0.2) is 0 Å². The molecule has 1 N–H and O–H groups in total. The van der Waals surface area contributed by atoms with Crippen molar-refractivity contribution in [3.8, 4) is 0 Å². The molecule has 1 atom stereocenters. The molecule has 1 saturated heterocycles. The van der Waals surface area contributed by atoms with Crippen LogP contribution in [0.2, 0.25) is 5.02 Å². The number of benzene rings is 1. The van der Waals surface area contributed by atoms with Crippen molar-refractivity contribution in [2.45, 2.75) is 37.6 Å². The zero-order valence-corrected chi connectivity index (χ0v) is 12.0. The highest BCUT2D eigenvalue weighted by atomic mass is 35.5. The van der Waals surface area contributed by atoms with Crippen molar-refractivity contribution >= 4 is 17.5 Å². The third kappa shape index (κ3) is 2.97. The summed E-state index contributed by atoms with van der Waals surface area (Å²) >= 11 is 5.80. The molecular formula is C15H18ClNO3. The van der Waals surface area contributed by atoms with Gasteiger partial charge >= 0.3 is 0 Å². The minimum absolute atomic E-state index is 0.0515. The van der Waals surface area contributed by atoms with Gasteiger partial charge in [0.25, 0.3) is 5.91 Å². The van der Waals surface area contributed by atoms with E-state index >= 15 is 0 Å². The molecule has 2 fully saturated rings. The summed E-state index contributed by atoms with van der Waals surface area (Å²) in [7, 11) is 0. The van der Waals surface area contributed by atoms with Crippen LogP contribution in [0.3, 0.4) is 0 Å². The summed E-state index contributed by atoms with van der Waals surface area (Å²) in [4.78, 5) is 12.0. The van der Waals surface area contributed by atoms with Crippen LogP contribution in [-0.4, -0.2) is 30.9 Å². The summed E-state index contributed by atoms with van der Waals surface area (Å²) in [5.74, 6) is -0.479. The number of amides is 1. The van der Waals surface area contributed by atoms with Crippen LogP contribution in [0, 0.1) is 0 Å². The highest BCUT2D eigenvalue weighted by Crippen LogP contribution is 2.38. The van der Waals surface area contributed by atoms with Crippen molar-refractivity contribution in [1.82, 2.24) is 5.32 Å². The van der Waals surface area contributed by atoms with Crippen LogP contribution in [0.5, 0.6) is 0 Å². The molecule has 1 aromatic rings. The lowest BCUT2D eigenvalue weighted by Gasteiger charge is -2.21. The van der Waals surface area contributed by atoms with Gasteiger partial charge in [-0.1, -0.05) is 11.6 Å². The number of hydrogen-bond donors (Lipinski definition) is 1. The SMILES string of the molecule is O=C(NC[C@H]1COC2(CCCC2)O1)c1ccc(Cl)cc1. The minimum atomic E-state index is -0.365. The van der Waals surface area contributed by atoms with Crippen LogP contribution in [0.25, 0.3) is 0 Å². The van der Waals surface area contributed by atoms with Crippen LogP contribution in [0.15, 0.2) is 24.3 Å². The molecular weight excluding hydrogens is 278 g/mol. The van der Waals surface area contributed by atoms with Crippen LogP contribution in [0.1, 0.15) is 36.0 Å². The van der Waals surface area contributed by atoms with E-state index in [-0.39, 0.29) is 17.8 Å². The lowest BCUT2D eigenvalue weighted by atomic mass is 10.2. The van der Waals surface area contributed by atoms with Gasteiger partial charge in [0.05, 0.1) is 6.61 Å². The Bertz CT molecular complexity index is 482. The molecule has 1 aromatic carbocycles. The number of halogens is 1. The van der Waals surface area contributed by atoms with Crippen molar-refractivity contribution in [1.29, 1.82) is 0 Å². The van der Waals surface area contributed by atoms with Gasteiger partial charge in [-0.15, -0.1) is 0 Å². The van der Waals surface area contributed by atoms with E-state index in [4.69, 9.17) is 21.1 Å². The maximum absolute atomic E-state index is 12.0. The van der Waals surface area contributed by atoms with Gasteiger partial charge in [-0.3, -0.25) is 4.79 Å². The fraction of sp³-hybridized carbons (Fsp3) is 0.533. The second-order valence-electron chi connectivity index (χ2n) is 5.39. The smallest absolute Gasteiger partial charge is 0.251 e. The average molecular weight is 296 g/mol. The summed E-state index contributed by atoms with van der Waals surface area (Å²) in [6.45, 7) is 1.03. The lowest BCUT2D eigenvalue weighted by molar-refractivity contribution is -0.161. The molecule has 5 heteroatoms. The number of rotatable bonds is 3. The van der Waals surface area contributed by atoms with Gasteiger partial charge in [0.2, 0.25) is 0 Å². The molecule has 0 radical (unpaired) electrons. The Morgan fingerprint density at radius 3 is 2.70 bits per heavy atom. The van der Waals surface area contributed by atoms with E-state index in [2.05, 4.69) is 5.32 Å². The topological polar surface area (TPSA) is 47.6 Å². The predicted molar refractivity (Wildman–Crippen MR) is 75.8 cm³/mol. The van der Waals surface area contributed by atoms with E-state index in [9.17, 15) is 4.79 Å². The summed E-state index contributed by atoms with van der Waals surface area (Å²) < 4.78 is 11.7. The van der Waals surface area contributed by atoms with E-state index in [0.717, 1.165) is 25.7 Å². The Morgan fingerprint density at radius 1 is 1.30 bits per heavy atom. The molecule has 1 heterocycles. The largest absolute Gasteiger partial charge is 0.349 e. The first kappa shape index (κ1) is 13.9. The van der Waals surface area contributed by atoms with E-state index in [0.29, 0.717) is 23.7 Å². The summed E-state index contributed by atoms with van der Waals surface area (Å²) in [6.07, 6.45) is 4.20. The quantitative estimate of drug-likeness (QED) is 0.933.